The third-order valence-corrected chi connectivity index (χ3v) is 4.30. The summed E-state index contributed by atoms with van der Waals surface area (Å²) < 4.78 is 13.5. The lowest BCUT2D eigenvalue weighted by Crippen LogP contribution is -2.40. The molecule has 2 unspecified atom stereocenters. The van der Waals surface area contributed by atoms with Gasteiger partial charge in [0.1, 0.15) is 5.82 Å². The second-order valence-corrected chi connectivity index (χ2v) is 5.71. The van der Waals surface area contributed by atoms with Crippen molar-refractivity contribution in [2.75, 3.05) is 12.9 Å². The average Bonchev–Trinajstić information content (AvgIpc) is 2.39. The Labute approximate surface area is 127 Å². The Morgan fingerprint density at radius 3 is 2.85 bits per heavy atom. The first-order valence-corrected chi connectivity index (χ1v) is 7.72. The zero-order valence-corrected chi connectivity index (χ0v) is 12.8. The van der Waals surface area contributed by atoms with Gasteiger partial charge in [0, 0.05) is 22.9 Å². The fourth-order valence-corrected chi connectivity index (χ4v) is 2.48. The maximum Gasteiger partial charge on any atom is 0.244 e. The van der Waals surface area contributed by atoms with Crippen molar-refractivity contribution in [2.45, 2.75) is 18.2 Å². The van der Waals surface area contributed by atoms with Crippen molar-refractivity contribution in [3.63, 3.8) is 0 Å². The molecule has 0 aliphatic rings. The van der Waals surface area contributed by atoms with Crippen LogP contribution in [0.4, 0.5) is 4.39 Å². The lowest BCUT2D eigenvalue weighted by atomic mass is 10.2. The monoisotopic (exact) mass is 317 g/mol. The molecule has 0 aliphatic carbocycles. The Kier molecular flexibility index (Phi) is 7.05. The summed E-state index contributed by atoms with van der Waals surface area (Å²) in [4.78, 5) is 11.7. The van der Waals surface area contributed by atoms with Gasteiger partial charge < -0.3 is 10.4 Å². The quantitative estimate of drug-likeness (QED) is 0.793. The van der Waals surface area contributed by atoms with E-state index >= 15 is 0 Å². The summed E-state index contributed by atoms with van der Waals surface area (Å²) in [6.07, 6.45) is 4.43. The first-order valence-electron chi connectivity index (χ1n) is 6.05. The molecule has 0 spiro atoms. The number of aliphatic hydroxyl groups excluding tert-OH is 1. The number of halogens is 2. The van der Waals surface area contributed by atoms with E-state index in [2.05, 4.69) is 5.32 Å². The zero-order chi connectivity index (χ0) is 15.1. The highest BCUT2D eigenvalue weighted by Gasteiger charge is 2.16. The van der Waals surface area contributed by atoms with Gasteiger partial charge in [-0.05, 0) is 31.4 Å². The summed E-state index contributed by atoms with van der Waals surface area (Å²) in [6.45, 7) is 1.78. The molecule has 0 aliphatic heterocycles. The zero-order valence-electron chi connectivity index (χ0n) is 11.3. The molecule has 0 saturated carbocycles. The molecule has 1 amide bonds. The van der Waals surface area contributed by atoms with Crippen LogP contribution in [0.3, 0.4) is 0 Å². The van der Waals surface area contributed by atoms with E-state index in [1.54, 1.807) is 13.0 Å². The summed E-state index contributed by atoms with van der Waals surface area (Å²) in [5, 5.41) is 12.0. The lowest BCUT2D eigenvalue weighted by molar-refractivity contribution is -0.117. The van der Waals surface area contributed by atoms with Crippen LogP contribution >= 0.6 is 23.4 Å². The average molecular weight is 318 g/mol. The van der Waals surface area contributed by atoms with E-state index in [1.807, 2.05) is 6.26 Å². The highest BCUT2D eigenvalue weighted by atomic mass is 35.5. The maximum atomic E-state index is 13.5. The molecule has 1 rings (SSSR count). The van der Waals surface area contributed by atoms with Crippen LogP contribution in [-0.4, -0.2) is 35.2 Å². The Morgan fingerprint density at radius 2 is 2.30 bits per heavy atom. The van der Waals surface area contributed by atoms with Gasteiger partial charge in [-0.3, -0.25) is 4.79 Å². The summed E-state index contributed by atoms with van der Waals surface area (Å²) >= 11 is 7.32. The minimum absolute atomic E-state index is 0.0224. The van der Waals surface area contributed by atoms with Crippen LogP contribution in [0.25, 0.3) is 6.08 Å². The molecule has 0 aromatic heterocycles. The fraction of sp³-hybridized carbons (Fsp3) is 0.357. The Balaban J connectivity index is 2.69. The highest BCUT2D eigenvalue weighted by molar-refractivity contribution is 7.99. The second kappa shape index (κ2) is 8.29. The summed E-state index contributed by atoms with van der Waals surface area (Å²) in [5.74, 6) is -0.837. The van der Waals surface area contributed by atoms with Crippen LogP contribution in [0, 0.1) is 5.82 Å². The molecule has 0 heterocycles. The Bertz CT molecular complexity index is 472. The smallest absolute Gasteiger partial charge is 0.244 e. The van der Waals surface area contributed by atoms with E-state index in [0.717, 1.165) is 0 Å². The van der Waals surface area contributed by atoms with Crippen LogP contribution < -0.4 is 5.32 Å². The summed E-state index contributed by atoms with van der Waals surface area (Å²) in [7, 11) is 0. The molecule has 3 nitrogen and oxygen atoms in total. The molecule has 0 bridgehead atoms. The van der Waals surface area contributed by atoms with Crippen LogP contribution in [0.1, 0.15) is 12.5 Å². The number of nitrogens with one attached hydrogen (secondary N) is 1. The standard InChI is InChI=1S/C14H17ClFNO2S/c1-9(13(8-18)20-2)17-14(19)7-6-10-11(15)4-3-5-12(10)16/h3-7,9,13,18H,8H2,1-2H3,(H,17,19)/b7-6+. The van der Waals surface area contributed by atoms with E-state index in [1.165, 1.54) is 36.0 Å². The summed E-state index contributed by atoms with van der Waals surface area (Å²) in [5.41, 5.74) is 0.181. The van der Waals surface area contributed by atoms with Gasteiger partial charge in [-0.1, -0.05) is 17.7 Å². The second-order valence-electron chi connectivity index (χ2n) is 4.22. The number of thioether (sulfide) groups is 1. The van der Waals surface area contributed by atoms with Crippen molar-refractivity contribution >= 4 is 35.3 Å². The molecule has 1 aromatic rings. The van der Waals surface area contributed by atoms with E-state index < -0.39 is 5.82 Å². The first-order chi connectivity index (χ1) is 9.49. The normalized spacial score (nSPS) is 14.2. The summed E-state index contributed by atoms with van der Waals surface area (Å²) in [6, 6.07) is 4.15. The molecular formula is C14H17ClFNO2S. The number of carbonyl (C=O) groups is 1. The van der Waals surface area contributed by atoms with Gasteiger partial charge in [-0.2, -0.15) is 11.8 Å². The van der Waals surface area contributed by atoms with Gasteiger partial charge >= 0.3 is 0 Å². The molecule has 20 heavy (non-hydrogen) atoms. The van der Waals surface area contributed by atoms with Crippen molar-refractivity contribution in [1.82, 2.24) is 5.32 Å². The number of benzene rings is 1. The molecule has 1 aromatic carbocycles. The van der Waals surface area contributed by atoms with Crippen molar-refractivity contribution in [2.24, 2.45) is 0 Å². The van der Waals surface area contributed by atoms with E-state index in [4.69, 9.17) is 16.7 Å². The van der Waals surface area contributed by atoms with E-state index in [0.29, 0.717) is 0 Å². The minimum atomic E-state index is -0.480. The number of hydrogen-bond donors (Lipinski definition) is 2. The van der Waals surface area contributed by atoms with Crippen LogP contribution in [0.15, 0.2) is 24.3 Å². The number of carbonyl (C=O) groups excluding carboxylic acids is 1. The molecule has 0 saturated heterocycles. The van der Waals surface area contributed by atoms with Gasteiger partial charge in [0.15, 0.2) is 0 Å². The molecular weight excluding hydrogens is 301 g/mol. The molecule has 0 radical (unpaired) electrons. The largest absolute Gasteiger partial charge is 0.395 e. The van der Waals surface area contributed by atoms with Crippen LogP contribution in [-0.2, 0) is 4.79 Å². The Morgan fingerprint density at radius 1 is 1.60 bits per heavy atom. The lowest BCUT2D eigenvalue weighted by Gasteiger charge is -2.20. The predicted octanol–water partition coefficient (Wildman–Crippen LogP) is 2.72. The predicted molar refractivity (Wildman–Crippen MR) is 82.4 cm³/mol. The maximum absolute atomic E-state index is 13.5. The van der Waals surface area contributed by atoms with Gasteiger partial charge in [0.25, 0.3) is 0 Å². The topological polar surface area (TPSA) is 49.3 Å². The molecule has 2 atom stereocenters. The Hall–Kier alpha value is -1.04. The number of amides is 1. The third kappa shape index (κ3) is 4.81. The van der Waals surface area contributed by atoms with Crippen LogP contribution in [0.2, 0.25) is 5.02 Å². The molecule has 110 valence electrons. The van der Waals surface area contributed by atoms with Gasteiger partial charge in [-0.25, -0.2) is 4.39 Å². The van der Waals surface area contributed by atoms with Crippen molar-refractivity contribution in [1.29, 1.82) is 0 Å². The van der Waals surface area contributed by atoms with Crippen molar-refractivity contribution in [3.8, 4) is 0 Å². The van der Waals surface area contributed by atoms with Crippen molar-refractivity contribution < 1.29 is 14.3 Å². The third-order valence-electron chi connectivity index (χ3n) is 2.81. The highest BCUT2D eigenvalue weighted by Crippen LogP contribution is 2.20. The molecule has 0 fully saturated rings. The van der Waals surface area contributed by atoms with Crippen molar-refractivity contribution in [3.05, 3.63) is 40.7 Å². The number of aliphatic hydroxyl groups is 1. The van der Waals surface area contributed by atoms with Gasteiger partial charge in [-0.15, -0.1) is 0 Å². The fourth-order valence-electron chi connectivity index (χ4n) is 1.63. The first kappa shape index (κ1) is 17.0. The molecule has 2 N–H and O–H groups in total. The molecule has 6 heteroatoms. The number of rotatable bonds is 6. The number of hydrogen-bond acceptors (Lipinski definition) is 3. The minimum Gasteiger partial charge on any atom is -0.395 e. The van der Waals surface area contributed by atoms with Gasteiger partial charge in [0.05, 0.1) is 11.6 Å². The van der Waals surface area contributed by atoms with Crippen LogP contribution in [0.5, 0.6) is 0 Å². The van der Waals surface area contributed by atoms with E-state index in [-0.39, 0.29) is 34.4 Å². The van der Waals surface area contributed by atoms with Gasteiger partial charge in [0.2, 0.25) is 5.91 Å². The SMILES string of the molecule is CSC(CO)C(C)NC(=O)/C=C/c1c(F)cccc1Cl. The van der Waals surface area contributed by atoms with E-state index in [9.17, 15) is 9.18 Å².